The van der Waals surface area contributed by atoms with E-state index in [-0.39, 0.29) is 24.5 Å². The van der Waals surface area contributed by atoms with Crippen molar-refractivity contribution in [2.24, 2.45) is 0 Å². The topological polar surface area (TPSA) is 85.3 Å². The summed E-state index contributed by atoms with van der Waals surface area (Å²) in [5.41, 5.74) is 0.502. The Morgan fingerprint density at radius 3 is 2.12 bits per heavy atom. The van der Waals surface area contributed by atoms with E-state index in [4.69, 9.17) is 14.2 Å². The number of hydrogen-bond acceptors (Lipinski definition) is 7. The third kappa shape index (κ3) is 4.56. The molecule has 0 aliphatic carbocycles. The predicted molar refractivity (Wildman–Crippen MR) is 125 cm³/mol. The molecule has 3 aromatic rings. The third-order valence-corrected chi connectivity index (χ3v) is 6.30. The molecule has 2 aromatic carbocycles. The smallest absolute Gasteiger partial charge is 0.295 e. The standard InChI is InChI=1S/C25H23NO6S/c1-30-17-7-5-16(6-8-17)23(27)21-22(20-4-3-15-33-20)26(25(29)24(21)28)13-14-32-19-11-9-18(31-2)10-12-19/h3-12,15,22,27H,13-14H2,1-2H3/b23-21-. The molecule has 0 spiro atoms. The summed E-state index contributed by atoms with van der Waals surface area (Å²) in [7, 11) is 3.13. The highest BCUT2D eigenvalue weighted by atomic mass is 32.1. The summed E-state index contributed by atoms with van der Waals surface area (Å²) >= 11 is 1.42. The van der Waals surface area contributed by atoms with Crippen molar-refractivity contribution < 1.29 is 28.9 Å². The van der Waals surface area contributed by atoms with Crippen molar-refractivity contribution in [3.8, 4) is 17.2 Å². The first-order valence-electron chi connectivity index (χ1n) is 10.3. The number of Topliss-reactive ketones (excluding diaryl/α,β-unsaturated/α-hetero) is 1. The third-order valence-electron chi connectivity index (χ3n) is 5.38. The Morgan fingerprint density at radius 2 is 1.55 bits per heavy atom. The van der Waals surface area contributed by atoms with Gasteiger partial charge in [0.1, 0.15) is 29.6 Å². The van der Waals surface area contributed by atoms with Crippen molar-refractivity contribution in [2.75, 3.05) is 27.4 Å². The summed E-state index contributed by atoms with van der Waals surface area (Å²) in [6, 6.07) is 16.8. The van der Waals surface area contributed by atoms with Crippen LogP contribution in [0.5, 0.6) is 17.2 Å². The number of nitrogens with zero attached hydrogens (tertiary/aromatic N) is 1. The van der Waals surface area contributed by atoms with Crippen LogP contribution in [-0.4, -0.2) is 49.1 Å². The molecule has 0 saturated carbocycles. The van der Waals surface area contributed by atoms with Gasteiger partial charge in [-0.1, -0.05) is 6.07 Å². The van der Waals surface area contributed by atoms with Crippen molar-refractivity contribution in [1.82, 2.24) is 4.90 Å². The number of rotatable bonds is 8. The lowest BCUT2D eigenvalue weighted by Crippen LogP contribution is -2.33. The zero-order valence-corrected chi connectivity index (χ0v) is 19.0. The second kappa shape index (κ2) is 9.79. The Bertz CT molecular complexity index is 1150. The van der Waals surface area contributed by atoms with Gasteiger partial charge < -0.3 is 24.2 Å². The van der Waals surface area contributed by atoms with Gasteiger partial charge in [-0.2, -0.15) is 0 Å². The molecule has 1 unspecified atom stereocenters. The summed E-state index contributed by atoms with van der Waals surface area (Å²) in [4.78, 5) is 28.1. The first-order valence-corrected chi connectivity index (χ1v) is 11.1. The molecule has 1 fully saturated rings. The lowest BCUT2D eigenvalue weighted by molar-refractivity contribution is -0.140. The van der Waals surface area contributed by atoms with Crippen LogP contribution < -0.4 is 14.2 Å². The molecule has 1 atom stereocenters. The van der Waals surface area contributed by atoms with E-state index in [0.717, 1.165) is 4.88 Å². The first-order chi connectivity index (χ1) is 16.0. The van der Waals surface area contributed by atoms with Crippen molar-refractivity contribution in [1.29, 1.82) is 0 Å². The zero-order valence-electron chi connectivity index (χ0n) is 18.2. The summed E-state index contributed by atoms with van der Waals surface area (Å²) < 4.78 is 16.1. The lowest BCUT2D eigenvalue weighted by Gasteiger charge is -2.24. The van der Waals surface area contributed by atoms with Gasteiger partial charge in [0.2, 0.25) is 0 Å². The Balaban J connectivity index is 1.61. The molecule has 1 aliphatic heterocycles. The minimum absolute atomic E-state index is 0.0667. The fourth-order valence-electron chi connectivity index (χ4n) is 3.69. The molecular weight excluding hydrogens is 442 g/mol. The molecule has 0 bridgehead atoms. The largest absolute Gasteiger partial charge is 0.507 e. The van der Waals surface area contributed by atoms with Crippen molar-refractivity contribution in [2.45, 2.75) is 6.04 Å². The number of likely N-dealkylation sites (tertiary alicyclic amines) is 1. The Morgan fingerprint density at radius 1 is 0.939 bits per heavy atom. The molecule has 8 heteroatoms. The minimum Gasteiger partial charge on any atom is -0.507 e. The summed E-state index contributed by atoms with van der Waals surface area (Å²) in [6.07, 6.45) is 0. The summed E-state index contributed by atoms with van der Waals surface area (Å²) in [5.74, 6) is 0.362. The number of thiophene rings is 1. The maximum atomic E-state index is 13.0. The quantitative estimate of drug-likeness (QED) is 0.304. The van der Waals surface area contributed by atoms with E-state index in [1.165, 1.54) is 16.2 Å². The lowest BCUT2D eigenvalue weighted by atomic mass is 10.00. The van der Waals surface area contributed by atoms with Gasteiger partial charge in [0, 0.05) is 10.4 Å². The van der Waals surface area contributed by atoms with E-state index in [1.807, 2.05) is 17.5 Å². The van der Waals surface area contributed by atoms with Gasteiger partial charge in [-0.3, -0.25) is 9.59 Å². The molecule has 1 amide bonds. The average molecular weight is 466 g/mol. The Kier molecular flexibility index (Phi) is 6.65. The summed E-state index contributed by atoms with van der Waals surface area (Å²) in [6.45, 7) is 0.363. The number of carbonyl (C=O) groups is 2. The summed E-state index contributed by atoms with van der Waals surface area (Å²) in [5, 5.41) is 12.9. The van der Waals surface area contributed by atoms with E-state index in [1.54, 1.807) is 62.8 Å². The molecule has 1 aromatic heterocycles. The fraction of sp³-hybridized carbons (Fsp3) is 0.200. The van der Waals surface area contributed by atoms with Crippen molar-refractivity contribution in [3.05, 3.63) is 82.1 Å². The second-order valence-electron chi connectivity index (χ2n) is 7.26. The van der Waals surface area contributed by atoms with E-state index in [9.17, 15) is 14.7 Å². The van der Waals surface area contributed by atoms with E-state index < -0.39 is 17.7 Å². The molecule has 1 aliphatic rings. The van der Waals surface area contributed by atoms with Crippen LogP contribution in [-0.2, 0) is 9.59 Å². The molecule has 1 N–H and O–H groups in total. The molecule has 2 heterocycles. The molecule has 7 nitrogen and oxygen atoms in total. The van der Waals surface area contributed by atoms with Crippen LogP contribution in [0.25, 0.3) is 5.76 Å². The minimum atomic E-state index is -0.717. The predicted octanol–water partition coefficient (Wildman–Crippen LogP) is 4.27. The van der Waals surface area contributed by atoms with Crippen LogP contribution in [0.2, 0.25) is 0 Å². The van der Waals surface area contributed by atoms with Crippen LogP contribution >= 0.6 is 11.3 Å². The zero-order chi connectivity index (χ0) is 23.4. The van der Waals surface area contributed by atoms with Gasteiger partial charge in [-0.15, -0.1) is 11.3 Å². The maximum Gasteiger partial charge on any atom is 0.295 e. The highest BCUT2D eigenvalue weighted by Crippen LogP contribution is 2.41. The normalized spacial score (nSPS) is 17.3. The number of methoxy groups -OCH3 is 2. The first kappa shape index (κ1) is 22.4. The molecule has 4 rings (SSSR count). The number of aliphatic hydroxyl groups is 1. The number of hydrogen-bond donors (Lipinski definition) is 1. The SMILES string of the molecule is COc1ccc(OCCN2C(=O)C(=O)/C(=C(\O)c3ccc(OC)cc3)C2c2cccs2)cc1. The monoisotopic (exact) mass is 465 g/mol. The van der Waals surface area contributed by atoms with E-state index in [0.29, 0.717) is 22.8 Å². The van der Waals surface area contributed by atoms with Crippen LogP contribution in [0.3, 0.4) is 0 Å². The average Bonchev–Trinajstić information content (AvgIpc) is 3.47. The number of ketones is 1. The number of benzene rings is 2. The van der Waals surface area contributed by atoms with Gasteiger partial charge in [0.15, 0.2) is 0 Å². The maximum absolute atomic E-state index is 13.0. The molecule has 33 heavy (non-hydrogen) atoms. The van der Waals surface area contributed by atoms with Crippen LogP contribution in [0, 0.1) is 0 Å². The van der Waals surface area contributed by atoms with Gasteiger partial charge >= 0.3 is 0 Å². The number of aliphatic hydroxyl groups excluding tert-OH is 1. The second-order valence-corrected chi connectivity index (χ2v) is 8.24. The highest BCUT2D eigenvalue weighted by Gasteiger charge is 2.46. The fourth-order valence-corrected chi connectivity index (χ4v) is 4.54. The molecule has 1 saturated heterocycles. The van der Waals surface area contributed by atoms with Gasteiger partial charge in [-0.05, 0) is 60.0 Å². The van der Waals surface area contributed by atoms with Gasteiger partial charge in [-0.25, -0.2) is 0 Å². The Hall–Kier alpha value is -3.78. The van der Waals surface area contributed by atoms with E-state index >= 15 is 0 Å². The molecule has 0 radical (unpaired) electrons. The van der Waals surface area contributed by atoms with Crippen LogP contribution in [0.1, 0.15) is 16.5 Å². The molecular formula is C25H23NO6S. The van der Waals surface area contributed by atoms with Crippen molar-refractivity contribution >= 4 is 28.8 Å². The van der Waals surface area contributed by atoms with Crippen LogP contribution in [0.4, 0.5) is 0 Å². The number of amides is 1. The van der Waals surface area contributed by atoms with E-state index in [2.05, 4.69) is 0 Å². The molecule has 170 valence electrons. The number of ether oxygens (including phenoxy) is 3. The van der Waals surface area contributed by atoms with Gasteiger partial charge in [0.25, 0.3) is 11.7 Å². The highest BCUT2D eigenvalue weighted by molar-refractivity contribution is 7.10. The van der Waals surface area contributed by atoms with Crippen LogP contribution in [0.15, 0.2) is 71.6 Å². The van der Waals surface area contributed by atoms with Crippen molar-refractivity contribution in [3.63, 3.8) is 0 Å². The Labute approximate surface area is 195 Å². The number of carbonyl (C=O) groups excluding carboxylic acids is 2. The van der Waals surface area contributed by atoms with Gasteiger partial charge in [0.05, 0.1) is 32.4 Å².